The fourth-order valence-corrected chi connectivity index (χ4v) is 2.10. The van der Waals surface area contributed by atoms with Crippen molar-refractivity contribution in [2.75, 3.05) is 0 Å². The number of rotatable bonds is 0. The molecule has 3 nitrogen and oxygen atoms in total. The average molecular weight is 213 g/mol. The van der Waals surface area contributed by atoms with Crippen molar-refractivity contribution < 1.29 is 14.7 Å². The number of benzene rings is 2. The Bertz CT molecular complexity index is 551. The van der Waals surface area contributed by atoms with Crippen LogP contribution in [-0.4, -0.2) is 16.8 Å². The first-order valence-corrected chi connectivity index (χ1v) is 5.15. The van der Waals surface area contributed by atoms with E-state index in [-0.39, 0.29) is 0 Å². The van der Waals surface area contributed by atoms with Gasteiger partial charge in [0.25, 0.3) is 0 Å². The lowest BCUT2D eigenvalue weighted by molar-refractivity contribution is 0.259. The Labute approximate surface area is 92.9 Å². The maximum Gasteiger partial charge on any atom is 0.461 e. The minimum absolute atomic E-state index is 0.432. The Hall–Kier alpha value is -1.78. The monoisotopic (exact) mass is 213 g/mol. The van der Waals surface area contributed by atoms with E-state index in [1.54, 1.807) is 24.3 Å². The van der Waals surface area contributed by atoms with Crippen LogP contribution in [0.15, 0.2) is 48.5 Å². The van der Waals surface area contributed by atoms with Gasteiger partial charge in [0, 0.05) is 5.56 Å². The summed E-state index contributed by atoms with van der Waals surface area (Å²) in [7, 11) is 0. The molecule has 2 N–H and O–H groups in total. The highest BCUT2D eigenvalue weighted by atomic mass is 16.6. The molecule has 0 atom stereocenters. The van der Waals surface area contributed by atoms with Crippen LogP contribution in [0, 0.1) is 0 Å². The summed E-state index contributed by atoms with van der Waals surface area (Å²) in [6.07, 6.45) is 0. The maximum atomic E-state index is 9.87. The maximum absolute atomic E-state index is 9.87. The minimum Gasteiger partial charge on any atom is -0.666 e. The van der Waals surface area contributed by atoms with Crippen LogP contribution in [0.5, 0.6) is 5.75 Å². The quantitative estimate of drug-likeness (QED) is 0.638. The summed E-state index contributed by atoms with van der Waals surface area (Å²) in [6.45, 7) is -2.93. The number of hydrogen-bond donors (Lipinski definition) is 2. The second kappa shape index (κ2) is 3.11. The number of fused-ring (bicyclic) bond motifs is 3. The highest BCUT2D eigenvalue weighted by Gasteiger charge is 2.32. The van der Waals surface area contributed by atoms with Gasteiger partial charge in [0.05, 0.1) is 5.75 Å². The molecule has 0 aromatic heterocycles. The van der Waals surface area contributed by atoms with Crippen LogP contribution in [0.25, 0.3) is 11.1 Å². The summed E-state index contributed by atoms with van der Waals surface area (Å²) < 4.78 is 5.22. The number of para-hydroxylation sites is 1. The van der Waals surface area contributed by atoms with Crippen LogP contribution >= 0.6 is 0 Å². The molecule has 1 aliphatic rings. The van der Waals surface area contributed by atoms with Crippen LogP contribution in [-0.2, 0) is 0 Å². The van der Waals surface area contributed by atoms with Crippen LogP contribution in [0.2, 0.25) is 0 Å². The molecule has 3 rings (SSSR count). The van der Waals surface area contributed by atoms with Gasteiger partial charge in [-0.15, -0.1) is 0 Å². The molecule has 0 saturated heterocycles. The lowest BCUT2D eigenvalue weighted by Gasteiger charge is -2.38. The molecule has 2 aromatic carbocycles. The third kappa shape index (κ3) is 1.24. The molecule has 80 valence electrons. The molecule has 1 aliphatic heterocycles. The average Bonchev–Trinajstić information content (AvgIpc) is 2.29. The lowest BCUT2D eigenvalue weighted by atomic mass is 9.65. The molecule has 0 saturated carbocycles. The molecular formula is C12H10BO3-. The Morgan fingerprint density at radius 1 is 0.812 bits per heavy atom. The van der Waals surface area contributed by atoms with Crippen molar-refractivity contribution in [1.82, 2.24) is 0 Å². The molecule has 0 aliphatic carbocycles. The third-order valence-electron chi connectivity index (χ3n) is 2.83. The molecule has 0 radical (unpaired) electrons. The van der Waals surface area contributed by atoms with Gasteiger partial charge in [-0.2, -0.15) is 0 Å². The molecule has 16 heavy (non-hydrogen) atoms. The van der Waals surface area contributed by atoms with Gasteiger partial charge in [-0.1, -0.05) is 47.9 Å². The van der Waals surface area contributed by atoms with Crippen molar-refractivity contribution in [3.05, 3.63) is 48.5 Å². The van der Waals surface area contributed by atoms with Gasteiger partial charge in [0.1, 0.15) is 0 Å². The van der Waals surface area contributed by atoms with Crippen molar-refractivity contribution in [3.8, 4) is 16.9 Å². The van der Waals surface area contributed by atoms with E-state index < -0.39 is 6.75 Å². The van der Waals surface area contributed by atoms with E-state index in [9.17, 15) is 10.0 Å². The third-order valence-corrected chi connectivity index (χ3v) is 2.83. The zero-order valence-electron chi connectivity index (χ0n) is 8.50. The Morgan fingerprint density at radius 3 is 2.25 bits per heavy atom. The molecule has 0 unspecified atom stereocenters. The van der Waals surface area contributed by atoms with E-state index in [1.807, 2.05) is 24.3 Å². The Morgan fingerprint density at radius 2 is 1.44 bits per heavy atom. The Kier molecular flexibility index (Phi) is 1.83. The zero-order chi connectivity index (χ0) is 11.2. The lowest BCUT2D eigenvalue weighted by Crippen LogP contribution is -2.57. The first-order chi connectivity index (χ1) is 7.68. The summed E-state index contributed by atoms with van der Waals surface area (Å²) in [4.78, 5) is 0. The summed E-state index contributed by atoms with van der Waals surface area (Å²) in [5.41, 5.74) is 2.13. The van der Waals surface area contributed by atoms with Crippen LogP contribution in [0.3, 0.4) is 0 Å². The van der Waals surface area contributed by atoms with E-state index >= 15 is 0 Å². The van der Waals surface area contributed by atoms with Crippen LogP contribution < -0.4 is 10.1 Å². The van der Waals surface area contributed by atoms with Gasteiger partial charge >= 0.3 is 6.75 Å². The van der Waals surface area contributed by atoms with E-state index in [4.69, 9.17) is 4.65 Å². The fraction of sp³-hybridized carbons (Fsp3) is 0. The van der Waals surface area contributed by atoms with Gasteiger partial charge in [-0.25, -0.2) is 0 Å². The standard InChI is InChI=1S/C12H10BO3/c14-13(15)11-7-3-1-5-9(11)10-6-2-4-8-12(10)16-13/h1-8,14-15H/q-1. The molecule has 0 fully saturated rings. The molecule has 0 spiro atoms. The predicted molar refractivity (Wildman–Crippen MR) is 62.3 cm³/mol. The predicted octanol–water partition coefficient (Wildman–Crippen LogP) is 0.877. The summed E-state index contributed by atoms with van der Waals surface area (Å²) in [5.74, 6) is 0.506. The van der Waals surface area contributed by atoms with Gasteiger partial charge in [-0.05, 0) is 11.6 Å². The first-order valence-electron chi connectivity index (χ1n) is 5.15. The van der Waals surface area contributed by atoms with Crippen molar-refractivity contribution in [2.24, 2.45) is 0 Å². The first kappa shape index (κ1) is 9.45. The van der Waals surface area contributed by atoms with Crippen molar-refractivity contribution in [1.29, 1.82) is 0 Å². The zero-order valence-corrected chi connectivity index (χ0v) is 8.50. The topological polar surface area (TPSA) is 49.7 Å². The minimum atomic E-state index is -2.93. The molecular weight excluding hydrogens is 203 g/mol. The second-order valence-electron chi connectivity index (χ2n) is 3.90. The van der Waals surface area contributed by atoms with E-state index in [1.165, 1.54) is 0 Å². The highest BCUT2D eigenvalue weighted by molar-refractivity contribution is 6.75. The molecule has 1 heterocycles. The van der Waals surface area contributed by atoms with Gasteiger partial charge < -0.3 is 14.7 Å². The summed E-state index contributed by atoms with van der Waals surface area (Å²) in [6, 6.07) is 14.5. The van der Waals surface area contributed by atoms with E-state index in [0.717, 1.165) is 11.1 Å². The SMILES string of the molecule is O[B-]1(O)Oc2ccccc2-c2ccccc21. The van der Waals surface area contributed by atoms with Crippen molar-refractivity contribution in [2.45, 2.75) is 0 Å². The molecule has 2 aromatic rings. The fourth-order valence-electron chi connectivity index (χ4n) is 2.10. The summed E-state index contributed by atoms with van der Waals surface area (Å²) >= 11 is 0. The van der Waals surface area contributed by atoms with Gasteiger partial charge in [0.15, 0.2) is 0 Å². The molecule has 0 bridgehead atoms. The van der Waals surface area contributed by atoms with Crippen LogP contribution in [0.1, 0.15) is 0 Å². The van der Waals surface area contributed by atoms with Crippen molar-refractivity contribution >= 4 is 12.2 Å². The second-order valence-corrected chi connectivity index (χ2v) is 3.90. The van der Waals surface area contributed by atoms with Crippen LogP contribution in [0.4, 0.5) is 0 Å². The Balaban J connectivity index is 2.33. The number of hydrogen-bond acceptors (Lipinski definition) is 3. The van der Waals surface area contributed by atoms with Crippen molar-refractivity contribution in [3.63, 3.8) is 0 Å². The largest absolute Gasteiger partial charge is 0.666 e. The van der Waals surface area contributed by atoms with Gasteiger partial charge in [0.2, 0.25) is 0 Å². The van der Waals surface area contributed by atoms with E-state index in [2.05, 4.69) is 0 Å². The normalized spacial score (nSPS) is 15.9. The molecule has 4 heteroatoms. The summed E-state index contributed by atoms with van der Waals surface area (Å²) in [5, 5.41) is 19.7. The van der Waals surface area contributed by atoms with Gasteiger partial charge in [-0.3, -0.25) is 0 Å². The molecule has 0 amide bonds. The van der Waals surface area contributed by atoms with E-state index in [0.29, 0.717) is 11.2 Å². The smallest absolute Gasteiger partial charge is 0.461 e. The highest BCUT2D eigenvalue weighted by Crippen LogP contribution is 2.34.